The summed E-state index contributed by atoms with van der Waals surface area (Å²) in [5, 5.41) is 2.69. The Balaban J connectivity index is 2.25. The first-order chi connectivity index (χ1) is 7.31. The minimum absolute atomic E-state index is 0.0106. The summed E-state index contributed by atoms with van der Waals surface area (Å²) in [6.07, 6.45) is 2.68. The normalized spacial score (nSPS) is 14.3. The van der Waals surface area contributed by atoms with Gasteiger partial charge >= 0.3 is 0 Å². The van der Waals surface area contributed by atoms with Crippen molar-refractivity contribution in [2.24, 2.45) is 0 Å². The predicted octanol–water partition coefficient (Wildman–Crippen LogP) is 1.30. The van der Waals surface area contributed by atoms with E-state index in [1.807, 2.05) is 6.92 Å². The number of aromatic nitrogens is 1. The van der Waals surface area contributed by atoms with Crippen LogP contribution in [0.4, 0.5) is 5.82 Å². The number of rotatable bonds is 3. The second-order valence-corrected chi connectivity index (χ2v) is 3.17. The standard InChI is InChI=1S/C10H12N2O3/c1-2-14-15-8-5-6-11-10-7(8)3-4-9(13)12-10/h5-6H,2-4H2,1H3,(H,11,12,13). The summed E-state index contributed by atoms with van der Waals surface area (Å²) < 4.78 is 0. The molecule has 0 saturated carbocycles. The van der Waals surface area contributed by atoms with E-state index in [0.717, 1.165) is 5.56 Å². The van der Waals surface area contributed by atoms with Crippen LogP contribution in [-0.4, -0.2) is 17.5 Å². The summed E-state index contributed by atoms with van der Waals surface area (Å²) in [7, 11) is 0. The van der Waals surface area contributed by atoms with E-state index < -0.39 is 0 Å². The van der Waals surface area contributed by atoms with Gasteiger partial charge in [0, 0.05) is 24.2 Å². The van der Waals surface area contributed by atoms with Gasteiger partial charge in [-0.25, -0.2) is 4.98 Å². The molecule has 0 atom stereocenters. The SMILES string of the molecule is CCOOc1ccnc2c1CCC(=O)N2. The third-order valence-corrected chi connectivity index (χ3v) is 2.14. The van der Waals surface area contributed by atoms with Crippen LogP contribution in [0.25, 0.3) is 0 Å². The smallest absolute Gasteiger partial charge is 0.225 e. The number of amides is 1. The van der Waals surface area contributed by atoms with Crippen molar-refractivity contribution in [1.82, 2.24) is 4.98 Å². The van der Waals surface area contributed by atoms with Gasteiger partial charge in [0.05, 0.1) is 6.61 Å². The van der Waals surface area contributed by atoms with E-state index in [-0.39, 0.29) is 5.91 Å². The number of hydrogen-bond donors (Lipinski definition) is 1. The fourth-order valence-corrected chi connectivity index (χ4v) is 1.46. The summed E-state index contributed by atoms with van der Waals surface area (Å²) in [5.74, 6) is 1.19. The molecule has 0 spiro atoms. The van der Waals surface area contributed by atoms with E-state index in [1.165, 1.54) is 0 Å². The molecule has 1 aliphatic heterocycles. The van der Waals surface area contributed by atoms with Crippen LogP contribution in [0.5, 0.6) is 5.75 Å². The highest BCUT2D eigenvalue weighted by atomic mass is 17.2. The molecule has 0 unspecified atom stereocenters. The van der Waals surface area contributed by atoms with Crippen molar-refractivity contribution in [2.75, 3.05) is 11.9 Å². The molecule has 0 radical (unpaired) electrons. The maximum Gasteiger partial charge on any atom is 0.225 e. The van der Waals surface area contributed by atoms with Crippen LogP contribution in [0.3, 0.4) is 0 Å². The van der Waals surface area contributed by atoms with Crippen molar-refractivity contribution in [1.29, 1.82) is 0 Å². The lowest BCUT2D eigenvalue weighted by molar-refractivity contribution is -0.202. The van der Waals surface area contributed by atoms with E-state index in [9.17, 15) is 4.79 Å². The second-order valence-electron chi connectivity index (χ2n) is 3.17. The topological polar surface area (TPSA) is 60.5 Å². The van der Waals surface area contributed by atoms with Crippen LogP contribution in [-0.2, 0) is 16.1 Å². The average Bonchev–Trinajstić information content (AvgIpc) is 2.25. The van der Waals surface area contributed by atoms with Crippen LogP contribution in [0.15, 0.2) is 12.3 Å². The highest BCUT2D eigenvalue weighted by Crippen LogP contribution is 2.28. The van der Waals surface area contributed by atoms with Crippen molar-refractivity contribution in [3.63, 3.8) is 0 Å². The molecule has 15 heavy (non-hydrogen) atoms. The van der Waals surface area contributed by atoms with Crippen LogP contribution in [0.1, 0.15) is 18.9 Å². The maximum absolute atomic E-state index is 11.1. The fraction of sp³-hybridized carbons (Fsp3) is 0.400. The van der Waals surface area contributed by atoms with Crippen LogP contribution in [0.2, 0.25) is 0 Å². The fourth-order valence-electron chi connectivity index (χ4n) is 1.46. The van der Waals surface area contributed by atoms with E-state index in [1.54, 1.807) is 12.3 Å². The van der Waals surface area contributed by atoms with Crippen molar-refractivity contribution >= 4 is 11.7 Å². The van der Waals surface area contributed by atoms with E-state index in [2.05, 4.69) is 10.3 Å². The molecule has 0 aliphatic carbocycles. The number of pyridine rings is 1. The van der Waals surface area contributed by atoms with Crippen molar-refractivity contribution < 1.29 is 14.6 Å². The Labute approximate surface area is 87.3 Å². The highest BCUT2D eigenvalue weighted by Gasteiger charge is 2.19. The molecule has 5 nitrogen and oxygen atoms in total. The minimum atomic E-state index is -0.0106. The first-order valence-corrected chi connectivity index (χ1v) is 4.88. The zero-order valence-corrected chi connectivity index (χ0v) is 8.45. The Kier molecular flexibility index (Phi) is 2.82. The van der Waals surface area contributed by atoms with Gasteiger partial charge in [-0.1, -0.05) is 0 Å². The lowest BCUT2D eigenvalue weighted by Crippen LogP contribution is -2.20. The number of hydrogen-bond acceptors (Lipinski definition) is 4. The van der Waals surface area contributed by atoms with E-state index >= 15 is 0 Å². The van der Waals surface area contributed by atoms with Gasteiger partial charge in [-0.15, -0.1) is 0 Å². The Morgan fingerprint density at radius 2 is 2.40 bits per heavy atom. The molecule has 1 N–H and O–H groups in total. The van der Waals surface area contributed by atoms with E-state index in [0.29, 0.717) is 31.0 Å². The third kappa shape index (κ3) is 2.07. The van der Waals surface area contributed by atoms with Gasteiger partial charge in [-0.3, -0.25) is 4.79 Å². The molecule has 2 rings (SSSR count). The average molecular weight is 208 g/mol. The Morgan fingerprint density at radius 1 is 1.53 bits per heavy atom. The van der Waals surface area contributed by atoms with Gasteiger partial charge < -0.3 is 10.2 Å². The molecule has 1 amide bonds. The molecule has 1 aliphatic rings. The number of nitrogens with zero attached hydrogens (tertiary/aromatic N) is 1. The number of carbonyl (C=O) groups is 1. The lowest BCUT2D eigenvalue weighted by Gasteiger charge is -2.17. The van der Waals surface area contributed by atoms with Crippen LogP contribution >= 0.6 is 0 Å². The quantitative estimate of drug-likeness (QED) is 0.600. The molecule has 0 bridgehead atoms. The Bertz CT molecular complexity index is 379. The molecule has 0 fully saturated rings. The molecular weight excluding hydrogens is 196 g/mol. The van der Waals surface area contributed by atoms with Gasteiger partial charge in [0.2, 0.25) is 5.91 Å². The third-order valence-electron chi connectivity index (χ3n) is 2.14. The first kappa shape index (κ1) is 9.92. The Hall–Kier alpha value is -1.62. The molecule has 2 heterocycles. The molecule has 0 saturated heterocycles. The van der Waals surface area contributed by atoms with Crippen molar-refractivity contribution in [3.05, 3.63) is 17.8 Å². The number of carbonyl (C=O) groups excluding carboxylic acids is 1. The maximum atomic E-state index is 11.1. The molecule has 80 valence electrons. The largest absolute Gasteiger partial charge is 0.337 e. The zero-order chi connectivity index (χ0) is 10.7. The molecule has 0 aromatic carbocycles. The van der Waals surface area contributed by atoms with Crippen LogP contribution < -0.4 is 10.2 Å². The number of nitrogens with one attached hydrogen (secondary N) is 1. The summed E-state index contributed by atoms with van der Waals surface area (Å²) in [6.45, 7) is 2.32. The highest BCUT2D eigenvalue weighted by molar-refractivity contribution is 5.93. The predicted molar refractivity (Wildman–Crippen MR) is 53.4 cm³/mol. The number of fused-ring (bicyclic) bond motifs is 1. The summed E-state index contributed by atoms with van der Waals surface area (Å²) in [6, 6.07) is 1.73. The second kappa shape index (κ2) is 4.27. The van der Waals surface area contributed by atoms with Gasteiger partial charge in [-0.05, 0) is 13.3 Å². The molecule has 1 aromatic heterocycles. The van der Waals surface area contributed by atoms with Gasteiger partial charge in [0.15, 0.2) is 5.75 Å². The minimum Gasteiger partial charge on any atom is -0.337 e. The van der Waals surface area contributed by atoms with Crippen molar-refractivity contribution in [3.8, 4) is 5.75 Å². The van der Waals surface area contributed by atoms with Gasteiger partial charge in [0.1, 0.15) is 5.82 Å². The Morgan fingerprint density at radius 3 is 3.20 bits per heavy atom. The number of anilines is 1. The van der Waals surface area contributed by atoms with Gasteiger partial charge in [-0.2, -0.15) is 4.89 Å². The molecule has 1 aromatic rings. The summed E-state index contributed by atoms with van der Waals surface area (Å²) in [4.78, 5) is 25.2. The first-order valence-electron chi connectivity index (χ1n) is 4.88. The molecule has 5 heteroatoms. The van der Waals surface area contributed by atoms with Gasteiger partial charge in [0.25, 0.3) is 0 Å². The zero-order valence-electron chi connectivity index (χ0n) is 8.45. The van der Waals surface area contributed by atoms with Crippen LogP contribution in [0, 0.1) is 0 Å². The van der Waals surface area contributed by atoms with Crippen molar-refractivity contribution in [2.45, 2.75) is 19.8 Å². The molecular formula is C10H12N2O3. The lowest BCUT2D eigenvalue weighted by atomic mass is 10.1. The monoisotopic (exact) mass is 208 g/mol. The van der Waals surface area contributed by atoms with E-state index in [4.69, 9.17) is 9.78 Å². The summed E-state index contributed by atoms with van der Waals surface area (Å²) >= 11 is 0. The summed E-state index contributed by atoms with van der Waals surface area (Å²) in [5.41, 5.74) is 0.894.